The van der Waals surface area contributed by atoms with Gasteiger partial charge in [-0.15, -0.1) is 0 Å². The number of esters is 1. The molecule has 1 amide bonds. The molecule has 3 aliphatic rings. The number of hydrogen-bond acceptors (Lipinski definition) is 3. The lowest BCUT2D eigenvalue weighted by Crippen LogP contribution is -2.49. The van der Waals surface area contributed by atoms with Crippen LogP contribution in [0.25, 0.3) is 0 Å². The fourth-order valence-corrected chi connectivity index (χ4v) is 5.15. The lowest BCUT2D eigenvalue weighted by atomic mass is 9.61. The quantitative estimate of drug-likeness (QED) is 0.756. The average Bonchev–Trinajstić information content (AvgIpc) is 3.02. The van der Waals surface area contributed by atoms with Gasteiger partial charge in [-0.25, -0.2) is 0 Å². The van der Waals surface area contributed by atoms with E-state index in [0.717, 1.165) is 45.2 Å². The van der Waals surface area contributed by atoms with Gasteiger partial charge < -0.3 is 9.64 Å². The van der Waals surface area contributed by atoms with Crippen LogP contribution in [-0.2, 0) is 20.7 Å². The molecule has 0 atom stereocenters. The Morgan fingerprint density at radius 1 is 1.19 bits per heavy atom. The minimum atomic E-state index is -0.0962. The molecule has 27 heavy (non-hydrogen) atoms. The predicted octanol–water partition coefficient (Wildman–Crippen LogP) is 3.93. The van der Waals surface area contributed by atoms with E-state index in [1.807, 2.05) is 0 Å². The number of cyclic esters (lactones) is 1. The number of ether oxygens (including phenoxy) is 1. The maximum atomic E-state index is 12.8. The van der Waals surface area contributed by atoms with E-state index in [2.05, 4.69) is 43.0 Å². The third-order valence-corrected chi connectivity index (χ3v) is 6.67. The van der Waals surface area contributed by atoms with E-state index < -0.39 is 0 Å². The van der Waals surface area contributed by atoms with E-state index in [1.165, 1.54) is 11.1 Å². The Hall–Kier alpha value is -1.84. The van der Waals surface area contributed by atoms with Crippen molar-refractivity contribution in [3.8, 4) is 0 Å². The number of piperidine rings is 1. The highest BCUT2D eigenvalue weighted by molar-refractivity contribution is 5.81. The molecule has 1 spiro atoms. The van der Waals surface area contributed by atoms with Gasteiger partial charge in [0.25, 0.3) is 0 Å². The van der Waals surface area contributed by atoms with Crippen molar-refractivity contribution in [2.75, 3.05) is 19.7 Å². The van der Waals surface area contributed by atoms with Crippen molar-refractivity contribution in [1.82, 2.24) is 4.90 Å². The second-order valence-electron chi connectivity index (χ2n) is 9.38. The summed E-state index contributed by atoms with van der Waals surface area (Å²) in [4.78, 5) is 26.2. The zero-order valence-electron chi connectivity index (χ0n) is 16.6. The largest absolute Gasteiger partial charge is 0.465 e. The molecule has 2 saturated heterocycles. The van der Waals surface area contributed by atoms with Gasteiger partial charge in [0.1, 0.15) is 0 Å². The van der Waals surface area contributed by atoms with Gasteiger partial charge in [0.2, 0.25) is 5.91 Å². The fourth-order valence-electron chi connectivity index (χ4n) is 5.15. The summed E-state index contributed by atoms with van der Waals surface area (Å²) in [6.45, 7) is 6.74. The van der Waals surface area contributed by atoms with Crippen LogP contribution in [-0.4, -0.2) is 36.5 Å². The van der Waals surface area contributed by atoms with Crippen molar-refractivity contribution in [2.45, 2.75) is 58.3 Å². The first-order chi connectivity index (χ1) is 12.9. The number of rotatable bonds is 4. The SMILES string of the molecule is CC(C)Cc1ccc(C2CCN(C(=O)C3CC4(COC(=O)C4)C3)CC2)cc1. The molecule has 4 nitrogen and oxygen atoms in total. The Morgan fingerprint density at radius 3 is 2.41 bits per heavy atom. The smallest absolute Gasteiger partial charge is 0.306 e. The summed E-state index contributed by atoms with van der Waals surface area (Å²) < 4.78 is 5.11. The molecule has 146 valence electrons. The van der Waals surface area contributed by atoms with Gasteiger partial charge in [-0.05, 0) is 55.1 Å². The minimum Gasteiger partial charge on any atom is -0.465 e. The lowest BCUT2D eigenvalue weighted by Gasteiger charge is -2.45. The summed E-state index contributed by atoms with van der Waals surface area (Å²) in [5.41, 5.74) is 2.81. The van der Waals surface area contributed by atoms with Crippen LogP contribution in [0, 0.1) is 17.3 Å². The fraction of sp³-hybridized carbons (Fsp3) is 0.652. The highest BCUT2D eigenvalue weighted by Gasteiger charge is 2.53. The molecule has 3 fully saturated rings. The number of amides is 1. The van der Waals surface area contributed by atoms with E-state index in [-0.39, 0.29) is 17.3 Å². The summed E-state index contributed by atoms with van der Waals surface area (Å²) in [5, 5.41) is 0. The van der Waals surface area contributed by atoms with Crippen molar-refractivity contribution in [3.63, 3.8) is 0 Å². The molecule has 1 aliphatic carbocycles. The molecule has 0 radical (unpaired) electrons. The van der Waals surface area contributed by atoms with Gasteiger partial charge in [-0.1, -0.05) is 38.1 Å². The topological polar surface area (TPSA) is 46.6 Å². The molecule has 2 aliphatic heterocycles. The third-order valence-electron chi connectivity index (χ3n) is 6.67. The third kappa shape index (κ3) is 3.90. The normalized spacial score (nSPS) is 28.5. The molecular formula is C23H31NO3. The molecule has 1 aromatic carbocycles. The summed E-state index contributed by atoms with van der Waals surface area (Å²) in [7, 11) is 0. The number of carbonyl (C=O) groups excluding carboxylic acids is 2. The van der Waals surface area contributed by atoms with Gasteiger partial charge >= 0.3 is 5.97 Å². The first-order valence-corrected chi connectivity index (χ1v) is 10.5. The van der Waals surface area contributed by atoms with E-state index in [4.69, 9.17) is 4.74 Å². The van der Waals surface area contributed by atoms with Crippen LogP contribution >= 0.6 is 0 Å². The van der Waals surface area contributed by atoms with Gasteiger partial charge in [0, 0.05) is 24.4 Å². The maximum absolute atomic E-state index is 12.8. The zero-order chi connectivity index (χ0) is 19.0. The highest BCUT2D eigenvalue weighted by atomic mass is 16.5. The molecule has 1 saturated carbocycles. The maximum Gasteiger partial charge on any atom is 0.306 e. The zero-order valence-corrected chi connectivity index (χ0v) is 16.6. The van der Waals surface area contributed by atoms with Crippen molar-refractivity contribution in [3.05, 3.63) is 35.4 Å². The molecule has 4 rings (SSSR count). The molecule has 2 heterocycles. The summed E-state index contributed by atoms with van der Waals surface area (Å²) >= 11 is 0. The van der Waals surface area contributed by atoms with Crippen molar-refractivity contribution >= 4 is 11.9 Å². The predicted molar refractivity (Wildman–Crippen MR) is 104 cm³/mol. The Labute approximate surface area is 162 Å². The summed E-state index contributed by atoms with van der Waals surface area (Å²) in [5.74, 6) is 1.55. The number of benzene rings is 1. The minimum absolute atomic E-state index is 0.0204. The number of hydrogen-bond donors (Lipinski definition) is 0. The van der Waals surface area contributed by atoms with E-state index in [0.29, 0.717) is 30.8 Å². The number of likely N-dealkylation sites (tertiary alicyclic amines) is 1. The lowest BCUT2D eigenvalue weighted by molar-refractivity contribution is -0.144. The Morgan fingerprint density at radius 2 is 1.85 bits per heavy atom. The number of carbonyl (C=O) groups is 2. The average molecular weight is 370 g/mol. The second kappa shape index (κ2) is 7.29. The van der Waals surface area contributed by atoms with Gasteiger partial charge in [-0.3, -0.25) is 9.59 Å². The van der Waals surface area contributed by atoms with Crippen LogP contribution in [0.5, 0.6) is 0 Å². The van der Waals surface area contributed by atoms with Gasteiger partial charge in [0.15, 0.2) is 0 Å². The molecule has 0 aromatic heterocycles. The van der Waals surface area contributed by atoms with Crippen LogP contribution in [0.1, 0.15) is 63.0 Å². The first-order valence-electron chi connectivity index (χ1n) is 10.5. The van der Waals surface area contributed by atoms with Crippen LogP contribution in [0.2, 0.25) is 0 Å². The van der Waals surface area contributed by atoms with E-state index >= 15 is 0 Å². The molecule has 0 N–H and O–H groups in total. The molecule has 0 unspecified atom stereocenters. The molecule has 0 bridgehead atoms. The first kappa shape index (κ1) is 18.5. The van der Waals surface area contributed by atoms with Crippen molar-refractivity contribution in [1.29, 1.82) is 0 Å². The second-order valence-corrected chi connectivity index (χ2v) is 9.38. The summed E-state index contributed by atoms with van der Waals surface area (Å²) in [6, 6.07) is 9.11. The molecule has 4 heteroatoms. The molecular weight excluding hydrogens is 338 g/mol. The monoisotopic (exact) mass is 369 g/mol. The Balaban J connectivity index is 1.26. The van der Waals surface area contributed by atoms with Crippen LogP contribution in [0.15, 0.2) is 24.3 Å². The Bertz CT molecular complexity index is 695. The van der Waals surface area contributed by atoms with Crippen LogP contribution < -0.4 is 0 Å². The standard InChI is InChI=1S/C23H31NO3/c1-16(2)11-17-3-5-18(6-4-17)19-7-9-24(10-8-19)22(26)20-12-23(13-20)14-21(25)27-15-23/h3-6,16,19-20H,7-15H2,1-2H3. The van der Waals surface area contributed by atoms with Crippen molar-refractivity contribution in [2.24, 2.45) is 17.3 Å². The van der Waals surface area contributed by atoms with E-state index in [9.17, 15) is 9.59 Å². The van der Waals surface area contributed by atoms with Crippen LogP contribution in [0.3, 0.4) is 0 Å². The van der Waals surface area contributed by atoms with Crippen LogP contribution in [0.4, 0.5) is 0 Å². The highest BCUT2D eigenvalue weighted by Crippen LogP contribution is 2.52. The van der Waals surface area contributed by atoms with Crippen molar-refractivity contribution < 1.29 is 14.3 Å². The summed E-state index contributed by atoms with van der Waals surface area (Å²) in [6.07, 6.45) is 5.39. The van der Waals surface area contributed by atoms with E-state index in [1.54, 1.807) is 0 Å². The van der Waals surface area contributed by atoms with Gasteiger partial charge in [-0.2, -0.15) is 0 Å². The number of nitrogens with zero attached hydrogens (tertiary/aromatic N) is 1. The van der Waals surface area contributed by atoms with Gasteiger partial charge in [0.05, 0.1) is 13.0 Å². The molecule has 1 aromatic rings. The Kier molecular flexibility index (Phi) is 5.00.